The number of hydrogen-bond acceptors (Lipinski definition) is 6. The van der Waals surface area contributed by atoms with Gasteiger partial charge in [0.1, 0.15) is 5.69 Å². The number of hydrogen-bond donors (Lipinski definition) is 1. The third-order valence-corrected chi connectivity index (χ3v) is 3.99. The van der Waals surface area contributed by atoms with Crippen LogP contribution in [0.25, 0.3) is 0 Å². The smallest absolute Gasteiger partial charge is 0.354 e. The number of ether oxygens (including phenoxy) is 3. The fourth-order valence-electron chi connectivity index (χ4n) is 2.10. The molecule has 0 bridgehead atoms. The predicted molar refractivity (Wildman–Crippen MR) is 90.1 cm³/mol. The molecule has 23 heavy (non-hydrogen) atoms. The number of methoxy groups -OCH3 is 1. The van der Waals surface area contributed by atoms with E-state index >= 15 is 0 Å². The zero-order valence-corrected chi connectivity index (χ0v) is 15.5. The maximum absolute atomic E-state index is 11.9. The molecule has 0 radical (unpaired) electrons. The normalized spacial score (nSPS) is 10.3. The number of aromatic nitrogens is 1. The van der Waals surface area contributed by atoms with Crippen LogP contribution in [0.1, 0.15) is 41.9 Å². The summed E-state index contributed by atoms with van der Waals surface area (Å²) < 4.78 is 15.2. The molecular weight excluding hydrogens is 417 g/mol. The van der Waals surface area contributed by atoms with E-state index < -0.39 is 11.9 Å². The van der Waals surface area contributed by atoms with Gasteiger partial charge in [-0.15, -0.1) is 0 Å². The Morgan fingerprint density at radius 3 is 2.22 bits per heavy atom. The van der Waals surface area contributed by atoms with Crippen LogP contribution in [0.3, 0.4) is 0 Å². The highest BCUT2D eigenvalue weighted by Crippen LogP contribution is 2.24. The average Bonchev–Trinajstić information content (AvgIpc) is 2.81. The quantitative estimate of drug-likeness (QED) is 0.380. The molecule has 1 aromatic heterocycles. The molecule has 0 amide bonds. The minimum absolute atomic E-state index is 0.0256. The molecule has 0 aliphatic rings. The summed E-state index contributed by atoms with van der Waals surface area (Å²) in [6.45, 7) is 4.02. The Balaban J connectivity index is 3.06. The molecule has 0 spiro atoms. The van der Waals surface area contributed by atoms with Gasteiger partial charge in [-0.1, -0.05) is 0 Å². The van der Waals surface area contributed by atoms with Crippen LogP contribution in [-0.2, 0) is 36.6 Å². The number of nitrogens with one attached hydrogen (secondary N) is 1. The van der Waals surface area contributed by atoms with E-state index in [4.69, 9.17) is 14.2 Å². The van der Waals surface area contributed by atoms with Crippen molar-refractivity contribution in [3.05, 3.63) is 20.5 Å². The van der Waals surface area contributed by atoms with Crippen molar-refractivity contribution in [2.24, 2.45) is 0 Å². The molecule has 128 valence electrons. The monoisotopic (exact) mass is 437 g/mol. The minimum atomic E-state index is -0.545. The second-order valence-corrected chi connectivity index (χ2v) is 5.63. The average molecular weight is 437 g/mol. The molecule has 0 aromatic carbocycles. The van der Waals surface area contributed by atoms with E-state index in [1.54, 1.807) is 13.8 Å². The molecular formula is C15H20INO6. The standard InChI is InChI=1S/C15H20INO6/c1-4-22-11(18)7-6-9-10(8-12(19)23-5-2)14(16)17-13(9)15(20)21-3/h17H,4-8H2,1-3H3. The first-order valence-corrected chi connectivity index (χ1v) is 8.31. The Hall–Kier alpha value is -1.58. The Labute approximate surface area is 148 Å². The first kappa shape index (κ1) is 19.5. The van der Waals surface area contributed by atoms with Gasteiger partial charge in [-0.25, -0.2) is 4.79 Å². The van der Waals surface area contributed by atoms with Crippen LogP contribution in [0.5, 0.6) is 0 Å². The summed E-state index contributed by atoms with van der Waals surface area (Å²) in [5.41, 5.74) is 1.48. The van der Waals surface area contributed by atoms with E-state index in [-0.39, 0.29) is 37.5 Å². The summed E-state index contributed by atoms with van der Waals surface area (Å²) in [6.07, 6.45) is 0.414. The molecule has 0 saturated heterocycles. The second-order valence-electron chi connectivity index (χ2n) is 4.55. The van der Waals surface area contributed by atoms with Crippen molar-refractivity contribution in [2.45, 2.75) is 33.1 Å². The Bertz CT molecular complexity index is 581. The molecule has 1 aromatic rings. The van der Waals surface area contributed by atoms with Crippen LogP contribution in [0.4, 0.5) is 0 Å². The van der Waals surface area contributed by atoms with Crippen molar-refractivity contribution >= 4 is 40.5 Å². The maximum atomic E-state index is 11.9. The largest absolute Gasteiger partial charge is 0.466 e. The molecule has 1 N–H and O–H groups in total. The number of esters is 3. The van der Waals surface area contributed by atoms with Gasteiger partial charge in [0.15, 0.2) is 0 Å². The van der Waals surface area contributed by atoms with E-state index in [0.717, 1.165) is 0 Å². The lowest BCUT2D eigenvalue weighted by Gasteiger charge is -2.07. The Morgan fingerprint density at radius 2 is 1.65 bits per heavy atom. The van der Waals surface area contributed by atoms with E-state index in [1.807, 2.05) is 22.6 Å². The van der Waals surface area contributed by atoms with E-state index in [0.29, 0.717) is 21.4 Å². The summed E-state index contributed by atoms with van der Waals surface area (Å²) in [6, 6.07) is 0. The lowest BCUT2D eigenvalue weighted by atomic mass is 10.0. The number of carbonyl (C=O) groups excluding carboxylic acids is 3. The SMILES string of the molecule is CCOC(=O)CCc1c(C(=O)OC)[nH]c(I)c1CC(=O)OCC. The Morgan fingerprint density at radius 1 is 1.04 bits per heavy atom. The van der Waals surface area contributed by atoms with Crippen molar-refractivity contribution in [1.29, 1.82) is 0 Å². The third-order valence-electron chi connectivity index (χ3n) is 3.07. The summed E-state index contributed by atoms with van der Waals surface area (Å²) in [7, 11) is 1.27. The molecule has 0 atom stereocenters. The van der Waals surface area contributed by atoms with Crippen molar-refractivity contribution < 1.29 is 28.6 Å². The number of carbonyl (C=O) groups is 3. The van der Waals surface area contributed by atoms with Crippen molar-refractivity contribution in [2.75, 3.05) is 20.3 Å². The van der Waals surface area contributed by atoms with Gasteiger partial charge in [0.25, 0.3) is 0 Å². The fraction of sp³-hybridized carbons (Fsp3) is 0.533. The van der Waals surface area contributed by atoms with Crippen molar-refractivity contribution in [3.63, 3.8) is 0 Å². The fourth-order valence-corrected chi connectivity index (χ4v) is 2.88. The topological polar surface area (TPSA) is 94.7 Å². The maximum Gasteiger partial charge on any atom is 0.354 e. The molecule has 0 aliphatic carbocycles. The van der Waals surface area contributed by atoms with Crippen LogP contribution >= 0.6 is 22.6 Å². The molecule has 1 heterocycles. The first-order chi connectivity index (χ1) is 10.9. The molecule has 0 fully saturated rings. The van der Waals surface area contributed by atoms with Crippen LogP contribution in [0.15, 0.2) is 0 Å². The van der Waals surface area contributed by atoms with E-state index in [1.165, 1.54) is 7.11 Å². The van der Waals surface area contributed by atoms with Crippen LogP contribution in [-0.4, -0.2) is 43.2 Å². The molecule has 0 saturated carbocycles. The van der Waals surface area contributed by atoms with E-state index in [9.17, 15) is 14.4 Å². The Kier molecular flexibility index (Phi) is 8.07. The van der Waals surface area contributed by atoms with Gasteiger partial charge in [0.05, 0.1) is 30.4 Å². The van der Waals surface area contributed by atoms with Crippen LogP contribution < -0.4 is 0 Å². The zero-order valence-electron chi connectivity index (χ0n) is 13.4. The second kappa shape index (κ2) is 9.53. The highest BCUT2D eigenvalue weighted by molar-refractivity contribution is 14.1. The number of aromatic amines is 1. The highest BCUT2D eigenvalue weighted by Gasteiger charge is 2.24. The number of halogens is 1. The van der Waals surface area contributed by atoms with Crippen molar-refractivity contribution in [3.8, 4) is 0 Å². The minimum Gasteiger partial charge on any atom is -0.466 e. The first-order valence-electron chi connectivity index (χ1n) is 7.23. The van der Waals surface area contributed by atoms with Gasteiger partial charge in [-0.05, 0) is 54.0 Å². The predicted octanol–water partition coefficient (Wildman–Crippen LogP) is 2.01. The lowest BCUT2D eigenvalue weighted by Crippen LogP contribution is -2.12. The molecule has 7 nitrogen and oxygen atoms in total. The molecule has 0 unspecified atom stereocenters. The van der Waals surface area contributed by atoms with Gasteiger partial charge in [-0.3, -0.25) is 9.59 Å². The van der Waals surface area contributed by atoms with Crippen LogP contribution in [0, 0.1) is 3.70 Å². The van der Waals surface area contributed by atoms with Crippen molar-refractivity contribution in [1.82, 2.24) is 4.98 Å². The molecule has 8 heteroatoms. The third kappa shape index (κ3) is 5.52. The van der Waals surface area contributed by atoms with Gasteiger partial charge in [-0.2, -0.15) is 0 Å². The van der Waals surface area contributed by atoms with Gasteiger partial charge < -0.3 is 19.2 Å². The van der Waals surface area contributed by atoms with E-state index in [2.05, 4.69) is 4.98 Å². The van der Waals surface area contributed by atoms with Gasteiger partial charge in [0.2, 0.25) is 0 Å². The number of rotatable bonds is 8. The van der Waals surface area contributed by atoms with Gasteiger partial charge in [0, 0.05) is 6.42 Å². The number of H-pyrrole nitrogens is 1. The summed E-state index contributed by atoms with van der Waals surface area (Å²) in [4.78, 5) is 38.1. The molecule has 0 aliphatic heterocycles. The zero-order chi connectivity index (χ0) is 17.4. The van der Waals surface area contributed by atoms with Crippen LogP contribution in [0.2, 0.25) is 0 Å². The lowest BCUT2D eigenvalue weighted by molar-refractivity contribution is -0.143. The summed E-state index contributed by atoms with van der Waals surface area (Å²) in [5, 5.41) is 0. The van der Waals surface area contributed by atoms with Gasteiger partial charge >= 0.3 is 17.9 Å². The highest BCUT2D eigenvalue weighted by atomic mass is 127. The summed E-state index contributed by atoms with van der Waals surface area (Å²) in [5.74, 6) is -1.29. The summed E-state index contributed by atoms with van der Waals surface area (Å²) >= 11 is 2.00. The molecule has 1 rings (SSSR count).